The van der Waals surface area contributed by atoms with Gasteiger partial charge in [0.15, 0.2) is 0 Å². The maximum Gasteiger partial charge on any atom is 0.133 e. The van der Waals surface area contributed by atoms with Gasteiger partial charge in [0.2, 0.25) is 0 Å². The molecule has 1 unspecified atom stereocenters. The summed E-state index contributed by atoms with van der Waals surface area (Å²) in [4.78, 5) is 11.9. The number of aromatic nitrogens is 2. The fourth-order valence-corrected chi connectivity index (χ4v) is 2.24. The van der Waals surface area contributed by atoms with Crippen molar-refractivity contribution in [2.45, 2.75) is 39.5 Å². The number of hydrogen-bond acceptors (Lipinski definition) is 3. The van der Waals surface area contributed by atoms with Gasteiger partial charge in [-0.05, 0) is 36.8 Å². The largest absolute Gasteiger partial charge is 0.330 e. The van der Waals surface area contributed by atoms with Crippen molar-refractivity contribution in [2.24, 2.45) is 24.6 Å². The van der Waals surface area contributed by atoms with Crippen LogP contribution in [0.2, 0.25) is 0 Å². The van der Waals surface area contributed by atoms with Crippen molar-refractivity contribution in [1.29, 1.82) is 0 Å². The van der Waals surface area contributed by atoms with Crippen molar-refractivity contribution in [2.75, 3.05) is 6.54 Å². The summed E-state index contributed by atoms with van der Waals surface area (Å²) in [6, 6.07) is 0. The Morgan fingerprint density at radius 1 is 1.50 bits per heavy atom. The Morgan fingerprint density at radius 2 is 2.22 bits per heavy atom. The van der Waals surface area contributed by atoms with Crippen LogP contribution in [0.3, 0.4) is 0 Å². The van der Waals surface area contributed by atoms with E-state index in [9.17, 15) is 4.79 Å². The highest BCUT2D eigenvalue weighted by Gasteiger charge is 2.14. The van der Waals surface area contributed by atoms with E-state index < -0.39 is 0 Å². The number of nitrogens with two attached hydrogens (primary N) is 1. The van der Waals surface area contributed by atoms with Gasteiger partial charge in [0, 0.05) is 26.1 Å². The fourth-order valence-electron chi connectivity index (χ4n) is 2.24. The highest BCUT2D eigenvalue weighted by molar-refractivity contribution is 5.78. The molecule has 0 aromatic carbocycles. The summed E-state index contributed by atoms with van der Waals surface area (Å²) in [6.07, 6.45) is 6.82. The van der Waals surface area contributed by atoms with Gasteiger partial charge in [-0.3, -0.25) is 9.48 Å². The third kappa shape index (κ3) is 5.45. The van der Waals surface area contributed by atoms with Crippen molar-refractivity contribution in [3.05, 3.63) is 18.0 Å². The van der Waals surface area contributed by atoms with Gasteiger partial charge in [0.1, 0.15) is 5.78 Å². The van der Waals surface area contributed by atoms with E-state index >= 15 is 0 Å². The Labute approximate surface area is 110 Å². The molecule has 1 atom stereocenters. The molecule has 1 rings (SSSR count). The summed E-state index contributed by atoms with van der Waals surface area (Å²) >= 11 is 0. The minimum Gasteiger partial charge on any atom is -0.330 e. The first kappa shape index (κ1) is 14.9. The van der Waals surface area contributed by atoms with E-state index in [1.165, 1.54) is 0 Å². The molecule has 18 heavy (non-hydrogen) atoms. The molecule has 4 nitrogen and oxygen atoms in total. The van der Waals surface area contributed by atoms with Crippen LogP contribution in [0, 0.1) is 11.8 Å². The van der Waals surface area contributed by atoms with Gasteiger partial charge >= 0.3 is 0 Å². The Morgan fingerprint density at radius 3 is 2.72 bits per heavy atom. The molecule has 0 radical (unpaired) electrons. The molecule has 0 spiro atoms. The number of carbonyl (C=O) groups excluding carboxylic acids is 1. The maximum atomic E-state index is 11.9. The van der Waals surface area contributed by atoms with Gasteiger partial charge in [-0.1, -0.05) is 13.8 Å². The van der Waals surface area contributed by atoms with E-state index in [2.05, 4.69) is 18.9 Å². The van der Waals surface area contributed by atoms with E-state index in [0.717, 1.165) is 18.4 Å². The van der Waals surface area contributed by atoms with E-state index in [4.69, 9.17) is 5.73 Å². The molecular weight excluding hydrogens is 226 g/mol. The normalized spacial score (nSPS) is 12.9. The van der Waals surface area contributed by atoms with Crippen molar-refractivity contribution < 1.29 is 4.79 Å². The molecule has 0 bridgehead atoms. The van der Waals surface area contributed by atoms with E-state index in [1.807, 2.05) is 19.4 Å². The van der Waals surface area contributed by atoms with Crippen LogP contribution in [0.15, 0.2) is 12.4 Å². The average molecular weight is 251 g/mol. The van der Waals surface area contributed by atoms with Gasteiger partial charge in [-0.2, -0.15) is 5.10 Å². The van der Waals surface area contributed by atoms with Crippen molar-refractivity contribution >= 4 is 5.78 Å². The van der Waals surface area contributed by atoms with Gasteiger partial charge in [0.25, 0.3) is 0 Å². The highest BCUT2D eigenvalue weighted by atomic mass is 16.1. The summed E-state index contributed by atoms with van der Waals surface area (Å²) in [5.41, 5.74) is 6.84. The molecule has 0 aliphatic heterocycles. The summed E-state index contributed by atoms with van der Waals surface area (Å²) in [5, 5.41) is 4.10. The Kier molecular flexibility index (Phi) is 6.05. The summed E-state index contributed by atoms with van der Waals surface area (Å²) < 4.78 is 1.77. The lowest BCUT2D eigenvalue weighted by Gasteiger charge is -2.15. The third-order valence-corrected chi connectivity index (χ3v) is 3.11. The first-order valence-corrected chi connectivity index (χ1v) is 6.70. The smallest absolute Gasteiger partial charge is 0.133 e. The zero-order valence-corrected chi connectivity index (χ0v) is 11.7. The molecule has 0 saturated heterocycles. The van der Waals surface area contributed by atoms with Crippen LogP contribution >= 0.6 is 0 Å². The zero-order chi connectivity index (χ0) is 13.5. The van der Waals surface area contributed by atoms with Crippen LogP contribution in [-0.4, -0.2) is 22.1 Å². The minimum absolute atomic E-state index is 0.315. The number of carbonyl (C=O) groups is 1. The number of aryl methyl sites for hydroxylation is 2. The molecule has 0 saturated carbocycles. The Hall–Kier alpha value is -1.16. The van der Waals surface area contributed by atoms with Crippen LogP contribution in [0.25, 0.3) is 0 Å². The van der Waals surface area contributed by atoms with Crippen molar-refractivity contribution in [3.63, 3.8) is 0 Å². The second-order valence-corrected chi connectivity index (χ2v) is 5.50. The van der Waals surface area contributed by atoms with Gasteiger partial charge in [-0.25, -0.2) is 0 Å². The first-order valence-electron chi connectivity index (χ1n) is 6.70. The van der Waals surface area contributed by atoms with Gasteiger partial charge in [-0.15, -0.1) is 0 Å². The Bertz CT molecular complexity index is 371. The number of hydrogen-bond donors (Lipinski definition) is 1. The second kappa shape index (κ2) is 7.31. The van der Waals surface area contributed by atoms with Crippen LogP contribution in [-0.2, 0) is 18.3 Å². The number of rotatable bonds is 8. The lowest BCUT2D eigenvalue weighted by atomic mass is 9.91. The molecule has 0 aliphatic carbocycles. The van der Waals surface area contributed by atoms with Gasteiger partial charge in [0.05, 0.1) is 6.20 Å². The van der Waals surface area contributed by atoms with Crippen LogP contribution in [0.1, 0.15) is 38.7 Å². The van der Waals surface area contributed by atoms with E-state index in [1.54, 1.807) is 4.68 Å². The molecule has 4 heteroatoms. The lowest BCUT2D eigenvalue weighted by molar-refractivity contribution is -0.120. The maximum absolute atomic E-state index is 11.9. The minimum atomic E-state index is 0.315. The van der Waals surface area contributed by atoms with Crippen LogP contribution in [0.4, 0.5) is 0 Å². The van der Waals surface area contributed by atoms with Crippen molar-refractivity contribution in [3.8, 4) is 0 Å². The van der Waals surface area contributed by atoms with Crippen LogP contribution in [0.5, 0.6) is 0 Å². The Balaban J connectivity index is 2.32. The molecule has 0 aliphatic rings. The average Bonchev–Trinajstić information content (AvgIpc) is 2.71. The summed E-state index contributed by atoms with van der Waals surface area (Å²) in [6.45, 7) is 4.95. The van der Waals surface area contributed by atoms with Crippen molar-refractivity contribution in [1.82, 2.24) is 9.78 Å². The molecule has 102 valence electrons. The molecule has 2 N–H and O–H groups in total. The molecular formula is C14H25N3O. The molecule has 0 amide bonds. The number of Topliss-reactive ketones (excluding diaryl/α,β-unsaturated/α-hetero) is 1. The summed E-state index contributed by atoms with van der Waals surface area (Å²) in [7, 11) is 1.89. The zero-order valence-electron chi connectivity index (χ0n) is 11.7. The second-order valence-electron chi connectivity index (χ2n) is 5.50. The molecule has 1 aromatic rings. The standard InChI is InChI=1S/C14H25N3O/c1-11(2)6-13(8-15)7-14(18)5-4-12-9-16-17(3)10-12/h9-11,13H,4-8,15H2,1-3H3. The first-order chi connectivity index (χ1) is 8.51. The molecule has 0 fully saturated rings. The lowest BCUT2D eigenvalue weighted by Crippen LogP contribution is -2.20. The molecule has 1 aromatic heterocycles. The quantitative estimate of drug-likeness (QED) is 0.768. The van der Waals surface area contributed by atoms with Crippen LogP contribution < -0.4 is 5.73 Å². The monoisotopic (exact) mass is 251 g/mol. The molecule has 1 heterocycles. The van der Waals surface area contributed by atoms with E-state index in [-0.39, 0.29) is 0 Å². The number of ketones is 1. The third-order valence-electron chi connectivity index (χ3n) is 3.11. The van der Waals surface area contributed by atoms with Gasteiger partial charge < -0.3 is 5.73 Å². The number of nitrogens with zero attached hydrogens (tertiary/aromatic N) is 2. The predicted octanol–water partition coefficient (Wildman–Crippen LogP) is 1.93. The fraction of sp³-hybridized carbons (Fsp3) is 0.714. The highest BCUT2D eigenvalue weighted by Crippen LogP contribution is 2.16. The summed E-state index contributed by atoms with van der Waals surface area (Å²) in [5.74, 6) is 1.26. The predicted molar refractivity (Wildman–Crippen MR) is 73.2 cm³/mol. The van der Waals surface area contributed by atoms with E-state index in [0.29, 0.717) is 37.0 Å². The SMILES string of the molecule is CC(C)CC(CN)CC(=O)CCc1cnn(C)c1. The topological polar surface area (TPSA) is 60.9 Å².